The zero-order chi connectivity index (χ0) is 16.7. The topological polar surface area (TPSA) is 50.4 Å². The maximum atomic E-state index is 12.5. The molecule has 0 atom stereocenters. The van der Waals surface area contributed by atoms with E-state index in [-0.39, 0.29) is 5.91 Å². The number of nitrogens with one attached hydrogen (secondary N) is 2. The lowest BCUT2D eigenvalue weighted by Crippen LogP contribution is -2.25. The van der Waals surface area contributed by atoms with E-state index in [1.54, 1.807) is 13.2 Å². The molecular weight excluding hydrogens is 312 g/mol. The van der Waals surface area contributed by atoms with Crippen molar-refractivity contribution in [2.75, 3.05) is 20.7 Å². The van der Waals surface area contributed by atoms with Crippen LogP contribution in [0.25, 0.3) is 0 Å². The monoisotopic (exact) mass is 332 g/mol. The molecule has 0 fully saturated rings. The molecule has 0 aromatic heterocycles. The fourth-order valence-electron chi connectivity index (χ4n) is 2.39. The molecule has 0 spiro atoms. The maximum absolute atomic E-state index is 12.5. The quantitative estimate of drug-likeness (QED) is 0.819. The lowest BCUT2D eigenvalue weighted by atomic mass is 10.0. The van der Waals surface area contributed by atoms with Gasteiger partial charge >= 0.3 is 0 Å². The molecule has 2 aromatic carbocycles. The van der Waals surface area contributed by atoms with Crippen molar-refractivity contribution in [3.05, 3.63) is 64.2 Å². The minimum Gasteiger partial charge on any atom is -0.496 e. The molecule has 0 heterocycles. The van der Waals surface area contributed by atoms with Gasteiger partial charge in [-0.1, -0.05) is 35.9 Å². The number of hydrogen-bond donors (Lipinski definition) is 2. The van der Waals surface area contributed by atoms with Gasteiger partial charge in [0.25, 0.3) is 5.91 Å². The zero-order valence-corrected chi connectivity index (χ0v) is 14.1. The number of ether oxygens (including phenoxy) is 1. The van der Waals surface area contributed by atoms with Gasteiger partial charge in [-0.3, -0.25) is 4.79 Å². The number of rotatable bonds is 7. The average molecular weight is 333 g/mol. The second kappa shape index (κ2) is 8.56. The van der Waals surface area contributed by atoms with Crippen molar-refractivity contribution in [1.29, 1.82) is 0 Å². The number of halogens is 1. The van der Waals surface area contributed by atoms with E-state index in [2.05, 4.69) is 10.6 Å². The third kappa shape index (κ3) is 4.47. The molecule has 0 aliphatic carbocycles. The van der Waals surface area contributed by atoms with Gasteiger partial charge in [0.1, 0.15) is 5.75 Å². The normalized spacial score (nSPS) is 10.4. The van der Waals surface area contributed by atoms with Crippen LogP contribution >= 0.6 is 11.6 Å². The Kier molecular flexibility index (Phi) is 6.44. The van der Waals surface area contributed by atoms with Gasteiger partial charge in [0, 0.05) is 22.7 Å². The van der Waals surface area contributed by atoms with Gasteiger partial charge < -0.3 is 15.4 Å². The van der Waals surface area contributed by atoms with E-state index in [9.17, 15) is 4.79 Å². The van der Waals surface area contributed by atoms with Crippen molar-refractivity contribution in [1.82, 2.24) is 10.6 Å². The molecule has 0 saturated heterocycles. The van der Waals surface area contributed by atoms with Crippen LogP contribution in [-0.2, 0) is 13.0 Å². The number of hydrogen-bond acceptors (Lipinski definition) is 3. The Morgan fingerprint density at radius 3 is 2.70 bits per heavy atom. The molecule has 23 heavy (non-hydrogen) atoms. The summed E-state index contributed by atoms with van der Waals surface area (Å²) in [5.41, 5.74) is 2.48. The Hall–Kier alpha value is -2.04. The van der Waals surface area contributed by atoms with Crippen LogP contribution in [0.2, 0.25) is 5.02 Å². The average Bonchev–Trinajstić information content (AvgIpc) is 2.58. The van der Waals surface area contributed by atoms with Gasteiger partial charge in [0.05, 0.1) is 7.11 Å². The Morgan fingerprint density at radius 2 is 1.96 bits per heavy atom. The van der Waals surface area contributed by atoms with E-state index in [1.807, 2.05) is 43.4 Å². The summed E-state index contributed by atoms with van der Waals surface area (Å²) in [6, 6.07) is 13.1. The fourth-order valence-corrected chi connectivity index (χ4v) is 2.62. The van der Waals surface area contributed by atoms with Gasteiger partial charge in [-0.15, -0.1) is 0 Å². The molecule has 0 saturated carbocycles. The number of methoxy groups -OCH3 is 1. The molecule has 2 N–H and O–H groups in total. The van der Waals surface area contributed by atoms with E-state index in [1.165, 1.54) is 0 Å². The molecule has 0 radical (unpaired) electrons. The van der Waals surface area contributed by atoms with E-state index in [0.29, 0.717) is 22.9 Å². The highest BCUT2D eigenvalue weighted by Crippen LogP contribution is 2.26. The van der Waals surface area contributed by atoms with Crippen molar-refractivity contribution >= 4 is 17.5 Å². The number of carbonyl (C=O) groups is 1. The molecule has 2 aromatic rings. The summed E-state index contributed by atoms with van der Waals surface area (Å²) in [7, 11) is 3.48. The van der Waals surface area contributed by atoms with Crippen molar-refractivity contribution in [3.63, 3.8) is 0 Å². The molecular formula is C18H21ClN2O2. The first-order valence-electron chi connectivity index (χ1n) is 7.49. The molecule has 2 rings (SSSR count). The predicted octanol–water partition coefficient (Wildman–Crippen LogP) is 3.04. The second-order valence-corrected chi connectivity index (χ2v) is 5.52. The third-order valence-electron chi connectivity index (χ3n) is 3.63. The predicted molar refractivity (Wildman–Crippen MR) is 93.2 cm³/mol. The van der Waals surface area contributed by atoms with Crippen LogP contribution in [0.1, 0.15) is 21.5 Å². The first-order chi connectivity index (χ1) is 11.2. The summed E-state index contributed by atoms with van der Waals surface area (Å²) >= 11 is 6.20. The van der Waals surface area contributed by atoms with Gasteiger partial charge in [-0.2, -0.15) is 0 Å². The standard InChI is InChI=1S/C18H21ClN2O2/c1-20-11-10-13-6-3-4-7-14(13)18(22)21-12-15-16(19)8-5-9-17(15)23-2/h3-9,20H,10-12H2,1-2H3,(H,21,22). The summed E-state index contributed by atoms with van der Waals surface area (Å²) in [6.45, 7) is 1.14. The first-order valence-corrected chi connectivity index (χ1v) is 7.87. The highest BCUT2D eigenvalue weighted by molar-refractivity contribution is 6.31. The summed E-state index contributed by atoms with van der Waals surface area (Å²) in [5.74, 6) is 0.556. The highest BCUT2D eigenvalue weighted by atomic mass is 35.5. The smallest absolute Gasteiger partial charge is 0.251 e. The van der Waals surface area contributed by atoms with E-state index >= 15 is 0 Å². The van der Waals surface area contributed by atoms with Crippen molar-refractivity contribution < 1.29 is 9.53 Å². The van der Waals surface area contributed by atoms with Crippen molar-refractivity contribution in [3.8, 4) is 5.75 Å². The van der Waals surface area contributed by atoms with E-state index < -0.39 is 0 Å². The molecule has 0 unspecified atom stereocenters. The zero-order valence-electron chi connectivity index (χ0n) is 13.4. The molecule has 1 amide bonds. The van der Waals surface area contributed by atoms with E-state index in [0.717, 1.165) is 24.1 Å². The third-order valence-corrected chi connectivity index (χ3v) is 3.98. The maximum Gasteiger partial charge on any atom is 0.251 e. The van der Waals surface area contributed by atoms with Crippen molar-refractivity contribution in [2.45, 2.75) is 13.0 Å². The van der Waals surface area contributed by atoms with E-state index in [4.69, 9.17) is 16.3 Å². The molecule has 0 aliphatic rings. The lowest BCUT2D eigenvalue weighted by Gasteiger charge is -2.13. The SMILES string of the molecule is CNCCc1ccccc1C(=O)NCc1c(Cl)cccc1OC. The minimum atomic E-state index is -0.112. The second-order valence-electron chi connectivity index (χ2n) is 5.11. The van der Waals surface area contributed by atoms with Gasteiger partial charge in [-0.25, -0.2) is 0 Å². The van der Waals surface area contributed by atoms with Crippen LogP contribution in [0.3, 0.4) is 0 Å². The first kappa shape index (κ1) is 17.3. The lowest BCUT2D eigenvalue weighted by molar-refractivity contribution is 0.0950. The Bertz CT molecular complexity index is 674. The van der Waals surface area contributed by atoms with Gasteiger partial charge in [0.15, 0.2) is 0 Å². The summed E-state index contributed by atoms with van der Waals surface area (Å²) in [4.78, 5) is 12.5. The van der Waals surface area contributed by atoms with Crippen molar-refractivity contribution in [2.24, 2.45) is 0 Å². The number of amides is 1. The number of carbonyl (C=O) groups excluding carboxylic acids is 1. The molecule has 0 bridgehead atoms. The minimum absolute atomic E-state index is 0.112. The van der Waals surface area contributed by atoms with Gasteiger partial charge in [0.2, 0.25) is 0 Å². The van der Waals surface area contributed by atoms with Crippen LogP contribution < -0.4 is 15.4 Å². The summed E-state index contributed by atoms with van der Waals surface area (Å²) in [6.07, 6.45) is 0.801. The number of benzene rings is 2. The van der Waals surface area contributed by atoms with Gasteiger partial charge in [-0.05, 0) is 43.8 Å². The molecule has 0 aliphatic heterocycles. The fraction of sp³-hybridized carbons (Fsp3) is 0.278. The van der Waals surface area contributed by atoms with Crippen LogP contribution in [0.5, 0.6) is 5.75 Å². The summed E-state index contributed by atoms with van der Waals surface area (Å²) in [5, 5.41) is 6.60. The highest BCUT2D eigenvalue weighted by Gasteiger charge is 2.13. The Labute approximate surface area is 141 Å². The molecule has 5 heteroatoms. The molecule has 4 nitrogen and oxygen atoms in total. The van der Waals surface area contributed by atoms with Crippen LogP contribution in [0.15, 0.2) is 42.5 Å². The van der Waals surface area contributed by atoms with Crippen LogP contribution in [0.4, 0.5) is 0 Å². The molecule has 122 valence electrons. The number of likely N-dealkylation sites (N-methyl/N-ethyl adjacent to an activating group) is 1. The Morgan fingerprint density at radius 1 is 1.17 bits per heavy atom. The Balaban J connectivity index is 2.12. The van der Waals surface area contributed by atoms with Crippen LogP contribution in [-0.4, -0.2) is 26.6 Å². The summed E-state index contributed by atoms with van der Waals surface area (Å²) < 4.78 is 5.30. The van der Waals surface area contributed by atoms with Crippen LogP contribution in [0, 0.1) is 0 Å². The largest absolute Gasteiger partial charge is 0.496 e.